The molecule has 0 saturated carbocycles. The fraction of sp³-hybridized carbons (Fsp3) is 0.769. The number of hydrogen-bond acceptors (Lipinski definition) is 6. The molecule has 2 fully saturated rings. The molecule has 0 aromatic rings. The maximum absolute atomic E-state index is 12.2. The van der Waals surface area contributed by atoms with E-state index in [-0.39, 0.29) is 23.4 Å². The molecule has 1 N–H and O–H groups in total. The Morgan fingerprint density at radius 1 is 0.969 bits per heavy atom. The highest BCUT2D eigenvalue weighted by Crippen LogP contribution is 2.55. The van der Waals surface area contributed by atoms with Crippen LogP contribution in [0.3, 0.4) is 0 Å². The third-order valence-corrected chi connectivity index (χ3v) is 8.06. The van der Waals surface area contributed by atoms with Crippen molar-refractivity contribution >= 4 is 0 Å². The van der Waals surface area contributed by atoms with Crippen molar-refractivity contribution in [1.82, 2.24) is 0 Å². The molecule has 6 heteroatoms. The average Bonchev–Trinajstić information content (AvgIpc) is 3.14. The zero-order chi connectivity index (χ0) is 23.4. The Labute approximate surface area is 192 Å². The molecule has 0 spiro atoms. The second-order valence-electron chi connectivity index (χ2n) is 11.2. The van der Waals surface area contributed by atoms with Crippen molar-refractivity contribution in [3.05, 3.63) is 36.5 Å². The largest absolute Gasteiger partial charge is 0.389 e. The van der Waals surface area contributed by atoms with E-state index in [0.29, 0.717) is 19.8 Å². The number of allylic oxidation sites excluding steroid dienone is 3. The van der Waals surface area contributed by atoms with Crippen LogP contribution in [0.5, 0.6) is 0 Å². The van der Waals surface area contributed by atoms with Gasteiger partial charge >= 0.3 is 0 Å². The highest BCUT2D eigenvalue weighted by molar-refractivity contribution is 5.28. The molecule has 4 aliphatic rings. The van der Waals surface area contributed by atoms with Gasteiger partial charge < -0.3 is 28.8 Å². The lowest BCUT2D eigenvalue weighted by Crippen LogP contribution is -2.64. The number of hydrogen-bond donors (Lipinski definition) is 1. The fourth-order valence-electron chi connectivity index (χ4n) is 6.07. The molecule has 180 valence electrons. The first-order chi connectivity index (χ1) is 14.9. The van der Waals surface area contributed by atoms with Crippen LogP contribution in [0.2, 0.25) is 0 Å². The molecule has 0 radical (unpaired) electrons. The summed E-state index contributed by atoms with van der Waals surface area (Å²) in [7, 11) is 1.68. The third kappa shape index (κ3) is 3.93. The van der Waals surface area contributed by atoms with E-state index in [1.54, 1.807) is 7.11 Å². The van der Waals surface area contributed by atoms with Crippen molar-refractivity contribution in [3.8, 4) is 0 Å². The maximum atomic E-state index is 12.2. The normalized spacial score (nSPS) is 45.6. The lowest BCUT2D eigenvalue weighted by molar-refractivity contribution is -0.302. The second-order valence-corrected chi connectivity index (χ2v) is 11.2. The molecule has 6 nitrogen and oxygen atoms in total. The summed E-state index contributed by atoms with van der Waals surface area (Å²) in [6, 6.07) is 0. The van der Waals surface area contributed by atoms with Crippen molar-refractivity contribution in [2.24, 2.45) is 22.7 Å². The Kier molecular flexibility index (Phi) is 6.05. The van der Waals surface area contributed by atoms with Gasteiger partial charge in [-0.2, -0.15) is 0 Å². The predicted molar refractivity (Wildman–Crippen MR) is 122 cm³/mol. The van der Waals surface area contributed by atoms with Gasteiger partial charge in [-0.3, -0.25) is 0 Å². The summed E-state index contributed by atoms with van der Waals surface area (Å²) < 4.78 is 30.2. The smallest absolute Gasteiger partial charge is 0.185 e. The zero-order valence-electron chi connectivity index (χ0n) is 20.6. The zero-order valence-corrected chi connectivity index (χ0v) is 20.6. The van der Waals surface area contributed by atoms with Crippen molar-refractivity contribution in [2.45, 2.75) is 77.3 Å². The van der Waals surface area contributed by atoms with E-state index in [1.807, 2.05) is 32.9 Å². The summed E-state index contributed by atoms with van der Waals surface area (Å²) in [4.78, 5) is 0. The van der Waals surface area contributed by atoms with Crippen LogP contribution >= 0.6 is 0 Å². The Bertz CT molecular complexity index is 792. The van der Waals surface area contributed by atoms with Gasteiger partial charge in [-0.1, -0.05) is 45.1 Å². The first kappa shape index (κ1) is 24.1. The molecule has 0 unspecified atom stereocenters. The Hall–Kier alpha value is -1.02. The van der Waals surface area contributed by atoms with E-state index in [4.69, 9.17) is 23.7 Å². The van der Waals surface area contributed by atoms with Crippen LogP contribution < -0.4 is 0 Å². The molecule has 0 aromatic carbocycles. The van der Waals surface area contributed by atoms with Gasteiger partial charge in [-0.05, 0) is 39.3 Å². The quantitative estimate of drug-likeness (QED) is 0.659. The van der Waals surface area contributed by atoms with Crippen LogP contribution in [-0.4, -0.2) is 61.4 Å². The van der Waals surface area contributed by atoms with Gasteiger partial charge in [0, 0.05) is 29.8 Å². The molecule has 0 aromatic heterocycles. The number of fused-ring (bicyclic) bond motifs is 3. The third-order valence-electron chi connectivity index (χ3n) is 8.06. The van der Waals surface area contributed by atoms with E-state index in [0.717, 1.165) is 6.42 Å². The summed E-state index contributed by atoms with van der Waals surface area (Å²) in [5, 5.41) is 12.2. The fourth-order valence-corrected chi connectivity index (χ4v) is 6.07. The molecule has 2 heterocycles. The molecule has 4 rings (SSSR count). The molecule has 0 amide bonds. The summed E-state index contributed by atoms with van der Waals surface area (Å²) >= 11 is 0. The van der Waals surface area contributed by atoms with Crippen LogP contribution in [0.15, 0.2) is 36.5 Å². The minimum atomic E-state index is -0.968. The maximum Gasteiger partial charge on any atom is 0.185 e. The van der Waals surface area contributed by atoms with Crippen LogP contribution in [0, 0.1) is 22.7 Å². The van der Waals surface area contributed by atoms with Gasteiger partial charge in [-0.25, -0.2) is 0 Å². The number of aliphatic hydroxyl groups excluding tert-OH is 1. The van der Waals surface area contributed by atoms with Gasteiger partial charge in [-0.15, -0.1) is 0 Å². The van der Waals surface area contributed by atoms with E-state index in [9.17, 15) is 5.11 Å². The van der Waals surface area contributed by atoms with Crippen LogP contribution in [0.1, 0.15) is 48.0 Å². The van der Waals surface area contributed by atoms with Gasteiger partial charge in [0.25, 0.3) is 0 Å². The van der Waals surface area contributed by atoms with E-state index < -0.39 is 28.7 Å². The summed E-state index contributed by atoms with van der Waals surface area (Å²) in [6.07, 6.45) is 12.5. The first-order valence-corrected chi connectivity index (χ1v) is 11.8. The van der Waals surface area contributed by atoms with E-state index >= 15 is 0 Å². The standard InChI is InChI=1S/C26H40O6/c1-22(2)10-8-11-24(5)12-9-19-18(17-31-23(3,4)32-19)20(24)21(27)26(22,28-7)14-13-25(6)29-15-16-30-25/h8-9,11-14,18-21,27H,10,15-17H2,1-7H3/b11-8-,14-13+/t18-,19+,20-,21+,24-,26-/m1/s1. The predicted octanol–water partition coefficient (Wildman–Crippen LogP) is 4.00. The SMILES string of the molecule is CO[C@]1(/C=C/C2(C)OCCO2)[C@@H](O)[C@H]2[C@@H]3COC(C)(C)O[C@H]3C=C[C@@]2(C)/C=C\CC1(C)C. The molecule has 2 saturated heterocycles. The summed E-state index contributed by atoms with van der Waals surface area (Å²) in [5.41, 5.74) is -1.71. The minimum absolute atomic E-state index is 0.0101. The second kappa shape index (κ2) is 8.03. The molecular weight excluding hydrogens is 408 g/mol. The first-order valence-electron chi connectivity index (χ1n) is 11.8. The summed E-state index contributed by atoms with van der Waals surface area (Å²) in [6.45, 7) is 13.9. The van der Waals surface area contributed by atoms with Gasteiger partial charge in [0.2, 0.25) is 0 Å². The highest BCUT2D eigenvalue weighted by atomic mass is 16.7. The molecular formula is C26H40O6. The number of methoxy groups -OCH3 is 1. The number of rotatable bonds is 3. The van der Waals surface area contributed by atoms with Crippen molar-refractivity contribution in [2.75, 3.05) is 26.9 Å². The monoisotopic (exact) mass is 448 g/mol. The van der Waals surface area contributed by atoms with Gasteiger partial charge in [0.05, 0.1) is 32.0 Å². The van der Waals surface area contributed by atoms with Crippen LogP contribution in [0.4, 0.5) is 0 Å². The topological polar surface area (TPSA) is 66.4 Å². The molecule has 0 bridgehead atoms. The highest BCUT2D eigenvalue weighted by Gasteiger charge is 2.59. The number of aliphatic hydroxyl groups is 1. The van der Waals surface area contributed by atoms with E-state index in [1.165, 1.54) is 0 Å². The van der Waals surface area contributed by atoms with Crippen LogP contribution in [0.25, 0.3) is 0 Å². The Balaban J connectivity index is 1.80. The van der Waals surface area contributed by atoms with E-state index in [2.05, 4.69) is 45.1 Å². The lowest BCUT2D eigenvalue weighted by Gasteiger charge is -2.57. The molecule has 2 aliphatic heterocycles. The van der Waals surface area contributed by atoms with Gasteiger partial charge in [0.1, 0.15) is 5.60 Å². The molecule has 2 aliphatic carbocycles. The van der Waals surface area contributed by atoms with Crippen LogP contribution in [-0.2, 0) is 23.7 Å². The Morgan fingerprint density at radius 2 is 1.66 bits per heavy atom. The van der Waals surface area contributed by atoms with Crippen molar-refractivity contribution in [1.29, 1.82) is 0 Å². The molecule has 6 atom stereocenters. The molecule has 32 heavy (non-hydrogen) atoms. The average molecular weight is 449 g/mol. The van der Waals surface area contributed by atoms with Crippen molar-refractivity contribution < 1.29 is 28.8 Å². The summed E-state index contributed by atoms with van der Waals surface area (Å²) in [5.74, 6) is -1.65. The minimum Gasteiger partial charge on any atom is -0.389 e. The Morgan fingerprint density at radius 3 is 2.31 bits per heavy atom. The van der Waals surface area contributed by atoms with Gasteiger partial charge in [0.15, 0.2) is 11.6 Å². The lowest BCUT2D eigenvalue weighted by atomic mass is 9.54. The van der Waals surface area contributed by atoms with Crippen molar-refractivity contribution in [3.63, 3.8) is 0 Å². The number of ether oxygens (including phenoxy) is 5.